The molecule has 1 rings (SSSR count). The lowest BCUT2D eigenvalue weighted by molar-refractivity contribution is -0.00975. The van der Waals surface area contributed by atoms with Crippen molar-refractivity contribution in [1.82, 2.24) is 5.32 Å². The van der Waals surface area contributed by atoms with Crippen LogP contribution in [0.4, 0.5) is 0 Å². The fourth-order valence-corrected chi connectivity index (χ4v) is 2.44. The van der Waals surface area contributed by atoms with Gasteiger partial charge in [0, 0.05) is 12.7 Å². The van der Waals surface area contributed by atoms with Crippen LogP contribution in [-0.4, -0.2) is 26.9 Å². The van der Waals surface area contributed by atoms with E-state index in [2.05, 4.69) is 45.1 Å². The van der Waals surface area contributed by atoms with Gasteiger partial charge < -0.3 is 14.8 Å². The molecule has 0 fully saturated rings. The van der Waals surface area contributed by atoms with E-state index in [0.29, 0.717) is 0 Å². The number of likely N-dealkylation sites (N-methyl/N-ethyl adjacent to an activating group) is 1. The fourth-order valence-electron chi connectivity index (χ4n) is 2.44. The maximum absolute atomic E-state index is 5.61. The SMILES string of the molecule is CNC(c1c(C)cc(C)cc1OC)C(C)(C)OC. The molecule has 0 aliphatic carbocycles. The van der Waals surface area contributed by atoms with Crippen LogP contribution in [0, 0.1) is 13.8 Å². The second kappa shape index (κ2) is 5.72. The van der Waals surface area contributed by atoms with Crippen LogP contribution < -0.4 is 10.1 Å². The van der Waals surface area contributed by atoms with Crippen molar-refractivity contribution in [2.24, 2.45) is 0 Å². The standard InChI is InChI=1S/C15H25NO2/c1-10-8-11(2)13(12(9-10)17-6)14(16-5)15(3,4)18-7/h8-9,14,16H,1-7H3. The van der Waals surface area contributed by atoms with E-state index in [-0.39, 0.29) is 11.6 Å². The van der Waals surface area contributed by atoms with Crippen LogP contribution in [0.2, 0.25) is 0 Å². The molecule has 0 aliphatic heterocycles. The molecular formula is C15H25NO2. The average Bonchev–Trinajstić information content (AvgIpc) is 2.31. The maximum atomic E-state index is 5.61. The summed E-state index contributed by atoms with van der Waals surface area (Å²) in [7, 11) is 5.40. The molecule has 102 valence electrons. The first kappa shape index (κ1) is 15.0. The Balaban J connectivity index is 3.37. The van der Waals surface area contributed by atoms with Crippen molar-refractivity contribution in [3.05, 3.63) is 28.8 Å². The predicted molar refractivity (Wildman–Crippen MR) is 75.4 cm³/mol. The van der Waals surface area contributed by atoms with Gasteiger partial charge in [0.1, 0.15) is 5.75 Å². The molecule has 1 atom stereocenters. The van der Waals surface area contributed by atoms with E-state index < -0.39 is 0 Å². The molecule has 0 aromatic heterocycles. The number of nitrogens with one attached hydrogen (secondary N) is 1. The minimum Gasteiger partial charge on any atom is -0.496 e. The van der Waals surface area contributed by atoms with Gasteiger partial charge in [-0.3, -0.25) is 0 Å². The average molecular weight is 251 g/mol. The van der Waals surface area contributed by atoms with Gasteiger partial charge in [0.15, 0.2) is 0 Å². The highest BCUT2D eigenvalue weighted by atomic mass is 16.5. The summed E-state index contributed by atoms with van der Waals surface area (Å²) >= 11 is 0. The van der Waals surface area contributed by atoms with Crippen LogP contribution >= 0.6 is 0 Å². The van der Waals surface area contributed by atoms with Crippen molar-refractivity contribution in [1.29, 1.82) is 0 Å². The van der Waals surface area contributed by atoms with Gasteiger partial charge >= 0.3 is 0 Å². The highest BCUT2D eigenvalue weighted by Crippen LogP contribution is 2.36. The maximum Gasteiger partial charge on any atom is 0.124 e. The van der Waals surface area contributed by atoms with Gasteiger partial charge in [-0.1, -0.05) is 6.07 Å². The third-order valence-electron chi connectivity index (χ3n) is 3.51. The Morgan fingerprint density at radius 1 is 1.17 bits per heavy atom. The van der Waals surface area contributed by atoms with Crippen LogP contribution in [0.25, 0.3) is 0 Å². The van der Waals surface area contributed by atoms with Gasteiger partial charge in [0.05, 0.1) is 18.8 Å². The number of hydrogen-bond donors (Lipinski definition) is 1. The number of hydrogen-bond acceptors (Lipinski definition) is 3. The van der Waals surface area contributed by atoms with Gasteiger partial charge in [-0.15, -0.1) is 0 Å². The summed E-state index contributed by atoms with van der Waals surface area (Å²) in [4.78, 5) is 0. The van der Waals surface area contributed by atoms with Crippen molar-refractivity contribution in [2.45, 2.75) is 39.3 Å². The van der Waals surface area contributed by atoms with Crippen LogP contribution in [0.3, 0.4) is 0 Å². The fraction of sp³-hybridized carbons (Fsp3) is 0.600. The van der Waals surface area contributed by atoms with Crippen LogP contribution in [0.1, 0.15) is 36.6 Å². The predicted octanol–water partition coefficient (Wildman–Crippen LogP) is 3.00. The second-order valence-corrected chi connectivity index (χ2v) is 5.23. The van der Waals surface area contributed by atoms with Crippen molar-refractivity contribution in [3.63, 3.8) is 0 Å². The Morgan fingerprint density at radius 3 is 2.22 bits per heavy atom. The quantitative estimate of drug-likeness (QED) is 0.872. The largest absolute Gasteiger partial charge is 0.496 e. The minimum absolute atomic E-state index is 0.0815. The monoisotopic (exact) mass is 251 g/mol. The van der Waals surface area contributed by atoms with E-state index >= 15 is 0 Å². The van der Waals surface area contributed by atoms with Crippen LogP contribution in [-0.2, 0) is 4.74 Å². The molecule has 0 radical (unpaired) electrons. The summed E-state index contributed by atoms with van der Waals surface area (Å²) in [5.74, 6) is 0.914. The zero-order valence-electron chi connectivity index (χ0n) is 12.5. The van der Waals surface area contributed by atoms with E-state index in [1.165, 1.54) is 11.1 Å². The van der Waals surface area contributed by atoms with Crippen molar-refractivity contribution in [3.8, 4) is 5.75 Å². The first-order valence-electron chi connectivity index (χ1n) is 6.25. The molecule has 0 saturated carbocycles. The first-order chi connectivity index (χ1) is 8.37. The van der Waals surface area contributed by atoms with Crippen molar-refractivity contribution >= 4 is 0 Å². The van der Waals surface area contributed by atoms with E-state index in [4.69, 9.17) is 9.47 Å². The molecule has 3 heteroatoms. The van der Waals surface area contributed by atoms with Gasteiger partial charge in [-0.05, 0) is 51.9 Å². The van der Waals surface area contributed by atoms with Crippen LogP contribution in [0.5, 0.6) is 5.75 Å². The lowest BCUT2D eigenvalue weighted by atomic mass is 9.87. The molecule has 0 aliphatic rings. The molecule has 1 aromatic rings. The molecule has 0 saturated heterocycles. The number of ether oxygens (including phenoxy) is 2. The molecule has 0 heterocycles. The third kappa shape index (κ3) is 2.85. The zero-order valence-corrected chi connectivity index (χ0v) is 12.5. The van der Waals surface area contributed by atoms with E-state index in [1.54, 1.807) is 14.2 Å². The molecule has 1 unspecified atom stereocenters. The zero-order chi connectivity index (χ0) is 13.9. The molecule has 0 amide bonds. The van der Waals surface area contributed by atoms with Crippen LogP contribution in [0.15, 0.2) is 12.1 Å². The van der Waals surface area contributed by atoms with Crippen molar-refractivity contribution in [2.75, 3.05) is 21.3 Å². The Morgan fingerprint density at radius 2 is 1.78 bits per heavy atom. The number of methoxy groups -OCH3 is 2. The Hall–Kier alpha value is -1.06. The molecule has 1 N–H and O–H groups in total. The number of benzene rings is 1. The summed E-state index contributed by atoms with van der Waals surface area (Å²) in [6, 6.07) is 4.32. The first-order valence-corrected chi connectivity index (χ1v) is 6.25. The number of rotatable bonds is 5. The van der Waals surface area contributed by atoms with Crippen molar-refractivity contribution < 1.29 is 9.47 Å². The minimum atomic E-state index is -0.304. The summed E-state index contributed by atoms with van der Waals surface area (Å²) in [6.07, 6.45) is 0. The van der Waals surface area contributed by atoms with Gasteiger partial charge in [-0.2, -0.15) is 0 Å². The Labute approximate surface area is 110 Å². The summed E-state index contributed by atoms with van der Waals surface area (Å²) < 4.78 is 11.1. The normalized spacial score (nSPS) is 13.5. The topological polar surface area (TPSA) is 30.5 Å². The second-order valence-electron chi connectivity index (χ2n) is 5.23. The molecule has 3 nitrogen and oxygen atoms in total. The highest BCUT2D eigenvalue weighted by Gasteiger charge is 2.32. The molecule has 0 bridgehead atoms. The van der Waals surface area contributed by atoms with E-state index in [0.717, 1.165) is 11.3 Å². The molecular weight excluding hydrogens is 226 g/mol. The molecule has 1 aromatic carbocycles. The lowest BCUT2D eigenvalue weighted by Crippen LogP contribution is -2.39. The Kier molecular flexibility index (Phi) is 4.77. The number of aryl methyl sites for hydroxylation is 2. The summed E-state index contributed by atoms with van der Waals surface area (Å²) in [6.45, 7) is 8.34. The molecule has 0 spiro atoms. The highest BCUT2D eigenvalue weighted by molar-refractivity contribution is 5.46. The Bertz CT molecular complexity index is 413. The van der Waals surface area contributed by atoms with E-state index in [1.807, 2.05) is 7.05 Å². The lowest BCUT2D eigenvalue weighted by Gasteiger charge is -2.35. The smallest absolute Gasteiger partial charge is 0.124 e. The van der Waals surface area contributed by atoms with Gasteiger partial charge in [0.25, 0.3) is 0 Å². The van der Waals surface area contributed by atoms with E-state index in [9.17, 15) is 0 Å². The summed E-state index contributed by atoms with van der Waals surface area (Å²) in [5, 5.41) is 3.34. The van der Waals surface area contributed by atoms with Gasteiger partial charge in [0.2, 0.25) is 0 Å². The van der Waals surface area contributed by atoms with Gasteiger partial charge in [-0.25, -0.2) is 0 Å². The summed E-state index contributed by atoms with van der Waals surface area (Å²) in [5.41, 5.74) is 3.29. The molecule has 18 heavy (non-hydrogen) atoms. The third-order valence-corrected chi connectivity index (χ3v) is 3.51.